The Bertz CT molecular complexity index is 658. The summed E-state index contributed by atoms with van der Waals surface area (Å²) in [5, 5.41) is 2.74. The molecule has 0 saturated carbocycles. The first-order valence-corrected chi connectivity index (χ1v) is 6.64. The first-order valence-electron chi connectivity index (χ1n) is 5.85. The summed E-state index contributed by atoms with van der Waals surface area (Å²) in [6, 6.07) is 10.3. The molecule has 0 spiro atoms. The highest BCUT2D eigenvalue weighted by Crippen LogP contribution is 2.13. The Kier molecular flexibility index (Phi) is 4.47. The van der Waals surface area contributed by atoms with Gasteiger partial charge >= 0.3 is 0 Å². The fourth-order valence-corrected chi connectivity index (χ4v) is 2.09. The maximum absolute atomic E-state index is 12.0. The molecule has 2 amide bonds. The van der Waals surface area contributed by atoms with Gasteiger partial charge in [-0.05, 0) is 45.8 Å². The van der Waals surface area contributed by atoms with Gasteiger partial charge in [-0.2, -0.15) is 0 Å². The minimum atomic E-state index is -0.495. The molecule has 0 radical (unpaired) electrons. The lowest BCUT2D eigenvalue weighted by Gasteiger charge is -2.07. The van der Waals surface area contributed by atoms with Crippen LogP contribution in [-0.2, 0) is 6.54 Å². The third kappa shape index (κ3) is 3.42. The summed E-state index contributed by atoms with van der Waals surface area (Å²) in [7, 11) is 0. The van der Waals surface area contributed by atoms with Crippen LogP contribution in [0.2, 0.25) is 0 Å². The van der Waals surface area contributed by atoms with Crippen molar-refractivity contribution in [1.29, 1.82) is 0 Å². The number of carbonyl (C=O) groups excluding carboxylic acids is 2. The Morgan fingerprint density at radius 2 is 2.05 bits per heavy atom. The van der Waals surface area contributed by atoms with Crippen molar-refractivity contribution in [2.45, 2.75) is 6.54 Å². The van der Waals surface area contributed by atoms with Gasteiger partial charge in [0, 0.05) is 22.8 Å². The highest BCUT2D eigenvalue weighted by Gasteiger charge is 2.10. The number of aromatic nitrogens is 1. The number of benzene rings is 1. The molecule has 0 aliphatic carbocycles. The molecule has 1 aromatic heterocycles. The zero-order valence-electron chi connectivity index (χ0n) is 10.5. The maximum atomic E-state index is 12.0. The van der Waals surface area contributed by atoms with E-state index in [0.29, 0.717) is 22.3 Å². The van der Waals surface area contributed by atoms with E-state index in [1.165, 1.54) is 0 Å². The van der Waals surface area contributed by atoms with Crippen LogP contribution in [0.1, 0.15) is 26.4 Å². The van der Waals surface area contributed by atoms with Gasteiger partial charge in [0.15, 0.2) is 0 Å². The van der Waals surface area contributed by atoms with E-state index in [-0.39, 0.29) is 5.91 Å². The number of pyridine rings is 1. The quantitative estimate of drug-likeness (QED) is 0.895. The van der Waals surface area contributed by atoms with Gasteiger partial charge in [0.1, 0.15) is 5.69 Å². The summed E-state index contributed by atoms with van der Waals surface area (Å²) in [6.45, 7) is 0.295. The summed E-state index contributed by atoms with van der Waals surface area (Å²) < 4.78 is 0.628. The third-order valence-corrected chi connectivity index (χ3v) is 3.28. The molecule has 1 aromatic carbocycles. The molecule has 3 N–H and O–H groups in total. The molecular weight excluding hydrogens is 322 g/mol. The number of rotatable bonds is 4. The number of nitrogens with two attached hydrogens (primary N) is 1. The first kappa shape index (κ1) is 14.2. The summed E-state index contributed by atoms with van der Waals surface area (Å²) in [6.07, 6.45) is 1.55. The van der Waals surface area contributed by atoms with Crippen LogP contribution in [0, 0.1) is 0 Å². The van der Waals surface area contributed by atoms with E-state index in [4.69, 9.17) is 5.73 Å². The van der Waals surface area contributed by atoms with E-state index in [1.807, 2.05) is 0 Å². The Morgan fingerprint density at radius 3 is 2.75 bits per heavy atom. The molecule has 0 fully saturated rings. The zero-order chi connectivity index (χ0) is 14.5. The minimum Gasteiger partial charge on any atom is -0.366 e. The van der Waals surface area contributed by atoms with Crippen molar-refractivity contribution in [3.8, 4) is 0 Å². The molecule has 0 aliphatic heterocycles. The van der Waals surface area contributed by atoms with Crippen LogP contribution in [0.3, 0.4) is 0 Å². The number of amides is 2. The lowest BCUT2D eigenvalue weighted by atomic mass is 10.1. The number of nitrogens with zero attached hydrogens (tertiary/aromatic N) is 1. The lowest BCUT2D eigenvalue weighted by Crippen LogP contribution is -2.24. The number of carbonyl (C=O) groups is 2. The number of nitrogens with one attached hydrogen (secondary N) is 1. The predicted octanol–water partition coefficient (Wildman–Crippen LogP) is 1.87. The number of halogens is 1. The van der Waals surface area contributed by atoms with Crippen molar-refractivity contribution < 1.29 is 9.59 Å². The van der Waals surface area contributed by atoms with Crippen LogP contribution >= 0.6 is 15.9 Å². The van der Waals surface area contributed by atoms with E-state index in [1.54, 1.807) is 42.6 Å². The van der Waals surface area contributed by atoms with E-state index >= 15 is 0 Å². The summed E-state index contributed by atoms with van der Waals surface area (Å²) in [5.41, 5.74) is 6.73. The average molecular weight is 334 g/mol. The van der Waals surface area contributed by atoms with Crippen molar-refractivity contribution in [3.63, 3.8) is 0 Å². The van der Waals surface area contributed by atoms with Crippen LogP contribution in [0.15, 0.2) is 47.1 Å². The van der Waals surface area contributed by atoms with E-state index in [9.17, 15) is 9.59 Å². The van der Waals surface area contributed by atoms with Gasteiger partial charge in [0.25, 0.3) is 5.91 Å². The Hall–Kier alpha value is -2.21. The molecule has 5 nitrogen and oxygen atoms in total. The summed E-state index contributed by atoms with van der Waals surface area (Å²) >= 11 is 3.27. The third-order valence-electron chi connectivity index (χ3n) is 2.64. The molecule has 1 heterocycles. The second-order valence-corrected chi connectivity index (χ2v) is 4.94. The smallest absolute Gasteiger partial charge is 0.271 e. The second-order valence-electron chi connectivity index (χ2n) is 4.08. The molecule has 0 aliphatic rings. The van der Waals surface area contributed by atoms with Gasteiger partial charge < -0.3 is 11.1 Å². The summed E-state index contributed by atoms with van der Waals surface area (Å²) in [5.74, 6) is -0.785. The van der Waals surface area contributed by atoms with Crippen molar-refractivity contribution in [2.24, 2.45) is 5.73 Å². The number of hydrogen-bond acceptors (Lipinski definition) is 3. The van der Waals surface area contributed by atoms with Crippen LogP contribution in [-0.4, -0.2) is 16.8 Å². The van der Waals surface area contributed by atoms with E-state index in [2.05, 4.69) is 26.2 Å². The molecule has 20 heavy (non-hydrogen) atoms. The average Bonchev–Trinajstić information content (AvgIpc) is 2.45. The van der Waals surface area contributed by atoms with E-state index < -0.39 is 5.91 Å². The molecule has 0 atom stereocenters. The van der Waals surface area contributed by atoms with Gasteiger partial charge in [-0.15, -0.1) is 0 Å². The number of hydrogen-bond donors (Lipinski definition) is 2. The normalized spacial score (nSPS) is 10.1. The fraction of sp³-hybridized carbons (Fsp3) is 0.0714. The standard InChI is InChI=1S/C14H12BrN3O2/c15-11-5-2-6-17-12(11)14(20)18-8-9-3-1-4-10(7-9)13(16)19/h1-7H,8H2,(H2,16,19)(H,18,20). The van der Waals surface area contributed by atoms with Crippen molar-refractivity contribution in [2.75, 3.05) is 0 Å². The molecule has 0 bridgehead atoms. The van der Waals surface area contributed by atoms with Crippen molar-refractivity contribution in [3.05, 3.63) is 63.9 Å². The fourth-order valence-electron chi connectivity index (χ4n) is 1.65. The largest absolute Gasteiger partial charge is 0.366 e. The van der Waals surface area contributed by atoms with Crippen molar-refractivity contribution in [1.82, 2.24) is 10.3 Å². The molecule has 6 heteroatoms. The van der Waals surface area contributed by atoms with Crippen LogP contribution in [0.25, 0.3) is 0 Å². The van der Waals surface area contributed by atoms with Crippen LogP contribution in [0.5, 0.6) is 0 Å². The van der Waals surface area contributed by atoms with Gasteiger partial charge in [-0.3, -0.25) is 9.59 Å². The lowest BCUT2D eigenvalue weighted by molar-refractivity contribution is 0.0944. The zero-order valence-corrected chi connectivity index (χ0v) is 12.1. The molecule has 102 valence electrons. The SMILES string of the molecule is NC(=O)c1cccc(CNC(=O)c2ncccc2Br)c1. The first-order chi connectivity index (χ1) is 9.58. The Balaban J connectivity index is 2.06. The molecule has 0 saturated heterocycles. The Labute approximate surface area is 124 Å². The maximum Gasteiger partial charge on any atom is 0.271 e. The molecule has 2 aromatic rings. The van der Waals surface area contributed by atoms with E-state index in [0.717, 1.165) is 5.56 Å². The van der Waals surface area contributed by atoms with Gasteiger partial charge in [0.05, 0.1) is 0 Å². The Morgan fingerprint density at radius 1 is 1.25 bits per heavy atom. The highest BCUT2D eigenvalue weighted by molar-refractivity contribution is 9.10. The monoisotopic (exact) mass is 333 g/mol. The van der Waals surface area contributed by atoms with Crippen LogP contribution in [0.4, 0.5) is 0 Å². The molecule has 2 rings (SSSR count). The van der Waals surface area contributed by atoms with Gasteiger partial charge in [0.2, 0.25) is 5.91 Å². The van der Waals surface area contributed by atoms with Crippen molar-refractivity contribution >= 4 is 27.7 Å². The second kappa shape index (κ2) is 6.29. The van der Waals surface area contributed by atoms with Crippen LogP contribution < -0.4 is 11.1 Å². The molecule has 0 unspecified atom stereocenters. The summed E-state index contributed by atoms with van der Waals surface area (Å²) in [4.78, 5) is 27.0. The number of primary amides is 1. The topological polar surface area (TPSA) is 85.1 Å². The van der Waals surface area contributed by atoms with Gasteiger partial charge in [-0.25, -0.2) is 4.98 Å². The molecular formula is C14H12BrN3O2. The minimum absolute atomic E-state index is 0.290. The highest BCUT2D eigenvalue weighted by atomic mass is 79.9. The predicted molar refractivity (Wildman–Crippen MR) is 78.1 cm³/mol. The van der Waals surface area contributed by atoms with Gasteiger partial charge in [-0.1, -0.05) is 12.1 Å².